The second-order valence-electron chi connectivity index (χ2n) is 8.46. The van der Waals surface area contributed by atoms with E-state index in [1.165, 1.54) is 6.26 Å². The maximum Gasteiger partial charge on any atom is 0.233 e. The maximum atomic E-state index is 12.3. The molecule has 3 aromatic rings. The van der Waals surface area contributed by atoms with Crippen molar-refractivity contribution in [3.05, 3.63) is 42.5 Å². The predicted molar refractivity (Wildman–Crippen MR) is 146 cm³/mol. The van der Waals surface area contributed by atoms with Gasteiger partial charge in [0.25, 0.3) is 0 Å². The molecule has 1 saturated heterocycles. The number of nitrogens with one attached hydrogen (secondary N) is 2. The minimum atomic E-state index is -3.46. The molecule has 11 nitrogen and oxygen atoms in total. The van der Waals surface area contributed by atoms with Crippen LogP contribution < -0.4 is 25.2 Å². The molecule has 0 bridgehead atoms. The van der Waals surface area contributed by atoms with Crippen LogP contribution in [0, 0.1) is 0 Å². The van der Waals surface area contributed by atoms with Gasteiger partial charge in [0.15, 0.2) is 9.84 Å². The van der Waals surface area contributed by atoms with Crippen molar-refractivity contribution >= 4 is 44.7 Å². The number of benzene rings is 2. The second kappa shape index (κ2) is 11.6. The number of morpholine rings is 1. The molecule has 1 aromatic heterocycles. The first kappa shape index (κ1) is 26.4. The lowest BCUT2D eigenvalue weighted by molar-refractivity contribution is 0.122. The second-order valence-corrected chi connectivity index (χ2v) is 10.4. The average Bonchev–Trinajstić information content (AvgIpc) is 2.90. The first-order valence-corrected chi connectivity index (χ1v) is 14.1. The van der Waals surface area contributed by atoms with Crippen molar-refractivity contribution in [2.75, 3.05) is 73.2 Å². The van der Waals surface area contributed by atoms with E-state index < -0.39 is 9.84 Å². The third-order valence-corrected chi connectivity index (χ3v) is 7.17. The van der Waals surface area contributed by atoms with Gasteiger partial charge in [-0.15, -0.1) is 0 Å². The number of anilines is 6. The van der Waals surface area contributed by atoms with Crippen LogP contribution in [0.15, 0.2) is 47.4 Å². The van der Waals surface area contributed by atoms with E-state index in [2.05, 4.69) is 30.5 Å². The van der Waals surface area contributed by atoms with Crippen LogP contribution in [0.5, 0.6) is 5.75 Å². The van der Waals surface area contributed by atoms with Gasteiger partial charge in [0, 0.05) is 44.2 Å². The molecule has 0 saturated carbocycles. The minimum absolute atomic E-state index is 0.162. The summed E-state index contributed by atoms with van der Waals surface area (Å²) in [5.74, 6) is 1.63. The van der Waals surface area contributed by atoms with E-state index in [0.717, 1.165) is 18.8 Å². The summed E-state index contributed by atoms with van der Waals surface area (Å²) in [5.41, 5.74) is 2.13. The molecule has 1 fully saturated rings. The summed E-state index contributed by atoms with van der Waals surface area (Å²) in [7, 11) is -1.84. The number of ether oxygens (including phenoxy) is 2. The van der Waals surface area contributed by atoms with Gasteiger partial charge in [-0.05, 0) is 38.1 Å². The Labute approximate surface area is 217 Å². The number of hydrogen-bond donors (Lipinski definition) is 2. The molecule has 0 radical (unpaired) electrons. The quantitative estimate of drug-likeness (QED) is 0.403. The average molecular weight is 528 g/mol. The van der Waals surface area contributed by atoms with E-state index >= 15 is 0 Å². The summed E-state index contributed by atoms with van der Waals surface area (Å²) in [4.78, 5) is 18.1. The number of hydrogen-bond acceptors (Lipinski definition) is 11. The van der Waals surface area contributed by atoms with E-state index in [-0.39, 0.29) is 10.8 Å². The number of nitrogens with zero attached hydrogens (tertiary/aromatic N) is 5. The molecule has 1 aliphatic heterocycles. The molecular weight excluding hydrogens is 494 g/mol. The number of sulfone groups is 1. The molecule has 37 heavy (non-hydrogen) atoms. The highest BCUT2D eigenvalue weighted by Crippen LogP contribution is 2.32. The fraction of sp³-hybridized carbons (Fsp3) is 0.400. The van der Waals surface area contributed by atoms with Crippen molar-refractivity contribution in [2.45, 2.75) is 18.7 Å². The molecular formula is C25H33N7O4S. The van der Waals surface area contributed by atoms with Crippen LogP contribution in [0.3, 0.4) is 0 Å². The monoisotopic (exact) mass is 527 g/mol. The van der Waals surface area contributed by atoms with Crippen LogP contribution in [0.2, 0.25) is 0 Å². The van der Waals surface area contributed by atoms with Gasteiger partial charge in [-0.1, -0.05) is 12.1 Å². The molecule has 0 aliphatic carbocycles. The van der Waals surface area contributed by atoms with Gasteiger partial charge < -0.3 is 29.9 Å². The van der Waals surface area contributed by atoms with Crippen LogP contribution in [0.4, 0.5) is 34.9 Å². The lowest BCUT2D eigenvalue weighted by Gasteiger charge is -2.29. The minimum Gasteiger partial charge on any atom is -0.494 e. The lowest BCUT2D eigenvalue weighted by atomic mass is 10.2. The van der Waals surface area contributed by atoms with Crippen LogP contribution in [0.1, 0.15) is 13.8 Å². The third kappa shape index (κ3) is 6.38. The summed E-state index contributed by atoms with van der Waals surface area (Å²) in [6.07, 6.45) is 1.17. The normalized spacial score (nSPS) is 13.8. The SMILES string of the molecule is CCN(CC)c1nc(Nc2ccc(N3CCOCC3)cc2OC)nc(Nc2ccccc2S(C)(=O)=O)n1. The number of aromatic nitrogens is 3. The molecule has 0 spiro atoms. The van der Waals surface area contributed by atoms with Crippen LogP contribution in [-0.4, -0.2) is 76.1 Å². The highest BCUT2D eigenvalue weighted by Gasteiger charge is 2.18. The van der Waals surface area contributed by atoms with Crippen LogP contribution >= 0.6 is 0 Å². The van der Waals surface area contributed by atoms with Crippen molar-refractivity contribution in [3.63, 3.8) is 0 Å². The largest absolute Gasteiger partial charge is 0.494 e. The van der Waals surface area contributed by atoms with Crippen molar-refractivity contribution in [2.24, 2.45) is 0 Å². The molecule has 2 aromatic carbocycles. The molecule has 0 atom stereocenters. The summed E-state index contributed by atoms with van der Waals surface area (Å²) in [6, 6.07) is 12.6. The van der Waals surface area contributed by atoms with E-state index in [4.69, 9.17) is 9.47 Å². The zero-order chi connectivity index (χ0) is 26.4. The van der Waals surface area contributed by atoms with Crippen LogP contribution in [-0.2, 0) is 14.6 Å². The predicted octanol–water partition coefficient (Wildman–Crippen LogP) is 3.45. The molecule has 0 unspecified atom stereocenters. The number of methoxy groups -OCH3 is 1. The molecule has 1 aliphatic rings. The first-order chi connectivity index (χ1) is 17.8. The molecule has 12 heteroatoms. The lowest BCUT2D eigenvalue weighted by Crippen LogP contribution is -2.36. The molecule has 198 valence electrons. The van der Waals surface area contributed by atoms with Crippen molar-refractivity contribution < 1.29 is 17.9 Å². The molecule has 0 amide bonds. The third-order valence-electron chi connectivity index (χ3n) is 6.01. The summed E-state index contributed by atoms with van der Waals surface area (Å²) >= 11 is 0. The summed E-state index contributed by atoms with van der Waals surface area (Å²) in [6.45, 7) is 8.44. The Morgan fingerprint density at radius 3 is 2.24 bits per heavy atom. The van der Waals surface area contributed by atoms with Gasteiger partial charge in [0.05, 0.1) is 36.6 Å². The zero-order valence-corrected chi connectivity index (χ0v) is 22.4. The van der Waals surface area contributed by atoms with E-state index in [9.17, 15) is 8.42 Å². The van der Waals surface area contributed by atoms with Gasteiger partial charge in [-0.25, -0.2) is 8.42 Å². The first-order valence-electron chi connectivity index (χ1n) is 12.2. The van der Waals surface area contributed by atoms with E-state index in [0.29, 0.717) is 55.3 Å². The molecule has 4 rings (SSSR count). The standard InChI is InChI=1S/C25H33N7O4S/c1-5-31(6-2)25-29-23(28-24(30-25)27-20-9-7-8-10-22(20)37(4,33)34)26-19-12-11-18(17-21(19)35-3)32-13-15-36-16-14-32/h7-12,17H,5-6,13-16H2,1-4H3,(H2,26,27,28,29,30). The van der Waals surface area contributed by atoms with Crippen molar-refractivity contribution in [3.8, 4) is 5.75 Å². The van der Waals surface area contributed by atoms with Gasteiger partial charge in [-0.3, -0.25) is 0 Å². The highest BCUT2D eigenvalue weighted by molar-refractivity contribution is 7.90. The van der Waals surface area contributed by atoms with Crippen molar-refractivity contribution in [1.29, 1.82) is 0 Å². The summed E-state index contributed by atoms with van der Waals surface area (Å²) < 4.78 is 35.7. The smallest absolute Gasteiger partial charge is 0.233 e. The zero-order valence-electron chi connectivity index (χ0n) is 21.6. The van der Waals surface area contributed by atoms with Gasteiger partial charge in [0.2, 0.25) is 17.8 Å². The fourth-order valence-corrected chi connectivity index (χ4v) is 4.90. The molecule has 2 N–H and O–H groups in total. The van der Waals surface area contributed by atoms with E-state index in [1.54, 1.807) is 31.4 Å². The highest BCUT2D eigenvalue weighted by atomic mass is 32.2. The Morgan fingerprint density at radius 1 is 0.973 bits per heavy atom. The topological polar surface area (TPSA) is 122 Å². The Hall–Kier alpha value is -3.64. The fourth-order valence-electron chi connectivity index (χ4n) is 4.06. The van der Waals surface area contributed by atoms with E-state index in [1.807, 2.05) is 36.9 Å². The number of para-hydroxylation sites is 1. The van der Waals surface area contributed by atoms with Crippen molar-refractivity contribution in [1.82, 2.24) is 15.0 Å². The van der Waals surface area contributed by atoms with Crippen LogP contribution in [0.25, 0.3) is 0 Å². The Kier molecular flexibility index (Phi) is 8.29. The Morgan fingerprint density at radius 2 is 1.62 bits per heavy atom. The Bertz CT molecular complexity index is 1330. The Balaban J connectivity index is 1.69. The summed E-state index contributed by atoms with van der Waals surface area (Å²) in [5, 5.41) is 6.32. The van der Waals surface area contributed by atoms with Gasteiger partial charge in [-0.2, -0.15) is 15.0 Å². The number of rotatable bonds is 10. The maximum absolute atomic E-state index is 12.3. The van der Waals surface area contributed by atoms with Gasteiger partial charge >= 0.3 is 0 Å². The van der Waals surface area contributed by atoms with Gasteiger partial charge in [0.1, 0.15) is 5.75 Å². The molecule has 2 heterocycles.